The lowest BCUT2D eigenvalue weighted by Crippen LogP contribution is -2.36. The Bertz CT molecular complexity index is 784. The van der Waals surface area contributed by atoms with E-state index in [-0.39, 0.29) is 0 Å². The minimum absolute atomic E-state index is 0.300. The predicted octanol–water partition coefficient (Wildman–Crippen LogP) is 4.04. The third kappa shape index (κ3) is 5.86. The Labute approximate surface area is 171 Å². The fraction of sp³-hybridized carbons (Fsp3) is 0.524. The van der Waals surface area contributed by atoms with Crippen molar-refractivity contribution in [2.45, 2.75) is 58.7 Å². The van der Waals surface area contributed by atoms with Gasteiger partial charge in [-0.1, -0.05) is 0 Å². The number of benzene rings is 1. The maximum atomic E-state index is 6.27. The van der Waals surface area contributed by atoms with Crippen LogP contribution in [0.4, 0.5) is 0 Å². The van der Waals surface area contributed by atoms with E-state index < -0.39 is 0 Å². The van der Waals surface area contributed by atoms with Gasteiger partial charge in [0.15, 0.2) is 5.96 Å². The first kappa shape index (κ1) is 20.5. The van der Waals surface area contributed by atoms with Crippen molar-refractivity contribution in [3.8, 4) is 11.5 Å². The number of aromatic nitrogens is 1. The lowest BCUT2D eigenvalue weighted by atomic mass is 10.2. The third-order valence-corrected chi connectivity index (χ3v) is 5.61. The molecule has 0 unspecified atom stereocenters. The molecule has 0 radical (unpaired) electrons. The molecule has 2 aromatic rings. The molecule has 1 fully saturated rings. The summed E-state index contributed by atoms with van der Waals surface area (Å²) in [6, 6.07) is 5.98. The van der Waals surface area contributed by atoms with Gasteiger partial charge in [0.2, 0.25) is 0 Å². The van der Waals surface area contributed by atoms with Crippen molar-refractivity contribution in [2.75, 3.05) is 13.7 Å². The standard InChI is InChI=1S/C21H30N4O2S/c1-4-22-21(25-14-20-23-12-15(2)28-20)24-13-16-9-10-18(26-3)11-19(16)27-17-7-5-6-8-17/h9-12,17H,4-8,13-14H2,1-3H3,(H2,22,24,25). The van der Waals surface area contributed by atoms with Crippen LogP contribution in [0, 0.1) is 6.92 Å². The number of thiazole rings is 1. The van der Waals surface area contributed by atoms with Gasteiger partial charge in [0, 0.05) is 29.2 Å². The molecule has 0 amide bonds. The van der Waals surface area contributed by atoms with Crippen molar-refractivity contribution in [3.63, 3.8) is 0 Å². The van der Waals surface area contributed by atoms with Gasteiger partial charge < -0.3 is 20.1 Å². The molecule has 1 saturated carbocycles. The van der Waals surface area contributed by atoms with Gasteiger partial charge in [-0.2, -0.15) is 0 Å². The first-order chi connectivity index (χ1) is 13.7. The highest BCUT2D eigenvalue weighted by Gasteiger charge is 2.18. The molecule has 152 valence electrons. The van der Waals surface area contributed by atoms with Gasteiger partial charge in [0.25, 0.3) is 0 Å². The number of guanidine groups is 1. The van der Waals surface area contributed by atoms with Gasteiger partial charge >= 0.3 is 0 Å². The Morgan fingerprint density at radius 1 is 1.29 bits per heavy atom. The van der Waals surface area contributed by atoms with E-state index >= 15 is 0 Å². The highest BCUT2D eigenvalue weighted by Crippen LogP contribution is 2.30. The first-order valence-corrected chi connectivity index (χ1v) is 10.8. The molecule has 0 bridgehead atoms. The molecule has 1 aliphatic rings. The second-order valence-electron chi connectivity index (χ2n) is 6.91. The Hall–Kier alpha value is -2.28. The van der Waals surface area contributed by atoms with Crippen LogP contribution in [0.1, 0.15) is 48.1 Å². The summed E-state index contributed by atoms with van der Waals surface area (Å²) in [7, 11) is 1.68. The summed E-state index contributed by atoms with van der Waals surface area (Å²) < 4.78 is 11.7. The van der Waals surface area contributed by atoms with E-state index in [2.05, 4.69) is 29.5 Å². The normalized spacial score (nSPS) is 14.9. The molecule has 3 rings (SSSR count). The van der Waals surface area contributed by atoms with E-state index in [0.717, 1.165) is 47.4 Å². The molecular weight excluding hydrogens is 372 g/mol. The average molecular weight is 403 g/mol. The molecule has 0 saturated heterocycles. The third-order valence-electron chi connectivity index (χ3n) is 4.70. The molecule has 1 aromatic carbocycles. The Balaban J connectivity index is 1.69. The molecule has 2 N–H and O–H groups in total. The lowest BCUT2D eigenvalue weighted by Gasteiger charge is -2.17. The van der Waals surface area contributed by atoms with Crippen LogP contribution in [0.25, 0.3) is 0 Å². The zero-order chi connectivity index (χ0) is 19.8. The van der Waals surface area contributed by atoms with Crippen LogP contribution in [-0.2, 0) is 13.1 Å². The van der Waals surface area contributed by atoms with E-state index in [0.29, 0.717) is 19.2 Å². The van der Waals surface area contributed by atoms with Gasteiger partial charge in [0.1, 0.15) is 16.5 Å². The van der Waals surface area contributed by atoms with Crippen LogP contribution in [0.15, 0.2) is 29.4 Å². The summed E-state index contributed by atoms with van der Waals surface area (Å²) in [5.41, 5.74) is 1.06. The number of aliphatic imine (C=N–C) groups is 1. The van der Waals surface area contributed by atoms with Crippen LogP contribution in [0.2, 0.25) is 0 Å². The van der Waals surface area contributed by atoms with Gasteiger partial charge in [-0.05, 0) is 51.7 Å². The van der Waals surface area contributed by atoms with E-state index in [1.807, 2.05) is 24.4 Å². The van der Waals surface area contributed by atoms with Crippen molar-refractivity contribution in [1.82, 2.24) is 15.6 Å². The largest absolute Gasteiger partial charge is 0.497 e. The molecule has 1 heterocycles. The maximum absolute atomic E-state index is 6.27. The monoisotopic (exact) mass is 402 g/mol. The predicted molar refractivity (Wildman–Crippen MR) is 114 cm³/mol. The van der Waals surface area contributed by atoms with Crippen LogP contribution in [0.3, 0.4) is 0 Å². The first-order valence-electron chi connectivity index (χ1n) is 9.95. The Morgan fingerprint density at radius 3 is 2.79 bits per heavy atom. The average Bonchev–Trinajstić information content (AvgIpc) is 3.36. The van der Waals surface area contributed by atoms with Gasteiger partial charge in [-0.15, -0.1) is 11.3 Å². The highest BCUT2D eigenvalue weighted by atomic mass is 32.1. The number of nitrogens with one attached hydrogen (secondary N) is 2. The summed E-state index contributed by atoms with van der Waals surface area (Å²) >= 11 is 1.70. The van der Waals surface area contributed by atoms with E-state index in [1.54, 1.807) is 18.4 Å². The topological polar surface area (TPSA) is 67.8 Å². The highest BCUT2D eigenvalue weighted by molar-refractivity contribution is 7.11. The van der Waals surface area contributed by atoms with Crippen LogP contribution < -0.4 is 20.1 Å². The number of rotatable bonds is 8. The fourth-order valence-electron chi connectivity index (χ4n) is 3.24. The zero-order valence-corrected chi connectivity index (χ0v) is 17.8. The quantitative estimate of drug-likeness (QED) is 0.515. The summed E-state index contributed by atoms with van der Waals surface area (Å²) in [6.45, 7) is 6.14. The Morgan fingerprint density at radius 2 is 2.11 bits per heavy atom. The second-order valence-corrected chi connectivity index (χ2v) is 8.23. The summed E-state index contributed by atoms with van der Waals surface area (Å²) in [5, 5.41) is 7.71. The lowest BCUT2D eigenvalue weighted by molar-refractivity contribution is 0.207. The molecule has 0 aliphatic heterocycles. The van der Waals surface area contributed by atoms with Crippen LogP contribution >= 0.6 is 11.3 Å². The number of methoxy groups -OCH3 is 1. The van der Waals surface area contributed by atoms with Crippen molar-refractivity contribution < 1.29 is 9.47 Å². The molecule has 6 nitrogen and oxygen atoms in total. The van der Waals surface area contributed by atoms with Crippen molar-refractivity contribution in [3.05, 3.63) is 39.8 Å². The summed E-state index contributed by atoms with van der Waals surface area (Å²) in [5.74, 6) is 2.46. The van der Waals surface area contributed by atoms with Crippen LogP contribution in [-0.4, -0.2) is 30.7 Å². The minimum Gasteiger partial charge on any atom is -0.497 e. The van der Waals surface area contributed by atoms with Crippen molar-refractivity contribution in [2.24, 2.45) is 4.99 Å². The molecular formula is C21H30N4O2S. The summed E-state index contributed by atoms with van der Waals surface area (Å²) in [6.07, 6.45) is 6.93. The number of aryl methyl sites for hydroxylation is 1. The molecule has 0 atom stereocenters. The SMILES string of the molecule is CCNC(=NCc1ccc(OC)cc1OC1CCCC1)NCc1ncc(C)s1. The minimum atomic E-state index is 0.300. The molecule has 0 spiro atoms. The summed E-state index contributed by atoms with van der Waals surface area (Å²) in [4.78, 5) is 10.4. The fourth-order valence-corrected chi connectivity index (χ4v) is 3.96. The number of hydrogen-bond acceptors (Lipinski definition) is 5. The molecule has 7 heteroatoms. The second kappa shape index (κ2) is 10.3. The molecule has 1 aliphatic carbocycles. The number of hydrogen-bond donors (Lipinski definition) is 2. The zero-order valence-electron chi connectivity index (χ0n) is 17.0. The number of ether oxygens (including phenoxy) is 2. The Kier molecular flexibility index (Phi) is 7.54. The molecule has 1 aromatic heterocycles. The van der Waals surface area contributed by atoms with Gasteiger partial charge in [-0.3, -0.25) is 0 Å². The van der Waals surface area contributed by atoms with Gasteiger partial charge in [0.05, 0.1) is 26.3 Å². The van der Waals surface area contributed by atoms with E-state index in [4.69, 9.17) is 14.5 Å². The smallest absolute Gasteiger partial charge is 0.191 e. The van der Waals surface area contributed by atoms with Crippen LogP contribution in [0.5, 0.6) is 11.5 Å². The van der Waals surface area contributed by atoms with Crippen molar-refractivity contribution >= 4 is 17.3 Å². The van der Waals surface area contributed by atoms with Gasteiger partial charge in [-0.25, -0.2) is 9.98 Å². The van der Waals surface area contributed by atoms with E-state index in [1.165, 1.54) is 17.7 Å². The maximum Gasteiger partial charge on any atom is 0.191 e. The molecule has 28 heavy (non-hydrogen) atoms. The van der Waals surface area contributed by atoms with E-state index in [9.17, 15) is 0 Å². The van der Waals surface area contributed by atoms with Crippen molar-refractivity contribution in [1.29, 1.82) is 0 Å². The number of nitrogens with zero attached hydrogens (tertiary/aromatic N) is 2.